The lowest BCUT2D eigenvalue weighted by Gasteiger charge is -2.10. The van der Waals surface area contributed by atoms with Crippen LogP contribution in [0.1, 0.15) is 22.6 Å². The van der Waals surface area contributed by atoms with Crippen LogP contribution < -0.4 is 5.32 Å². The van der Waals surface area contributed by atoms with Gasteiger partial charge < -0.3 is 5.32 Å². The molecule has 20 heavy (non-hydrogen) atoms. The number of hydrogen-bond acceptors (Lipinski definition) is 2. The fourth-order valence-electron chi connectivity index (χ4n) is 2.65. The Bertz CT molecular complexity index is 649. The van der Waals surface area contributed by atoms with Crippen molar-refractivity contribution in [2.75, 3.05) is 11.6 Å². The van der Waals surface area contributed by atoms with E-state index in [1.807, 2.05) is 12.1 Å². The highest BCUT2D eigenvalue weighted by Crippen LogP contribution is 2.35. The van der Waals surface area contributed by atoms with Gasteiger partial charge in [0.15, 0.2) is 0 Å². The molecular weight excluding hydrogens is 266 g/mol. The Morgan fingerprint density at radius 2 is 1.90 bits per heavy atom. The van der Waals surface area contributed by atoms with Gasteiger partial charge in [0, 0.05) is 10.6 Å². The van der Waals surface area contributed by atoms with Crippen LogP contribution in [0.4, 0.5) is 5.69 Å². The molecule has 0 spiro atoms. The van der Waals surface area contributed by atoms with Gasteiger partial charge in [0.2, 0.25) is 5.91 Å². The van der Waals surface area contributed by atoms with Crippen molar-refractivity contribution in [1.82, 2.24) is 0 Å². The van der Waals surface area contributed by atoms with E-state index in [1.165, 1.54) is 16.0 Å². The number of rotatable bonds is 3. The van der Waals surface area contributed by atoms with Gasteiger partial charge in [-0.15, -0.1) is 11.8 Å². The van der Waals surface area contributed by atoms with E-state index in [4.69, 9.17) is 0 Å². The van der Waals surface area contributed by atoms with Gasteiger partial charge in [0.25, 0.3) is 0 Å². The number of fused-ring (bicyclic) bond motifs is 1. The Hall–Kier alpha value is -1.74. The van der Waals surface area contributed by atoms with Gasteiger partial charge in [-0.25, -0.2) is 0 Å². The maximum Gasteiger partial charge on any atom is 0.232 e. The number of carbonyl (C=O) groups excluding carboxylic acids is 1. The van der Waals surface area contributed by atoms with Crippen molar-refractivity contribution in [3.63, 3.8) is 0 Å². The zero-order chi connectivity index (χ0) is 14.1. The average molecular weight is 283 g/mol. The zero-order valence-electron chi connectivity index (χ0n) is 11.6. The maximum atomic E-state index is 12.2. The van der Waals surface area contributed by atoms with E-state index in [0.717, 1.165) is 17.7 Å². The zero-order valence-corrected chi connectivity index (χ0v) is 12.5. The molecule has 2 aromatic carbocycles. The van der Waals surface area contributed by atoms with Gasteiger partial charge >= 0.3 is 0 Å². The van der Waals surface area contributed by atoms with Crippen molar-refractivity contribution in [3.05, 3.63) is 59.2 Å². The molecule has 1 amide bonds. The second kappa shape index (κ2) is 5.33. The van der Waals surface area contributed by atoms with E-state index >= 15 is 0 Å². The molecule has 0 unspecified atom stereocenters. The first-order valence-corrected chi connectivity index (χ1v) is 7.94. The van der Waals surface area contributed by atoms with Gasteiger partial charge in [-0.2, -0.15) is 0 Å². The summed E-state index contributed by atoms with van der Waals surface area (Å²) in [5.74, 6) is 0.0459. The van der Waals surface area contributed by atoms with Crippen LogP contribution in [0.15, 0.2) is 47.4 Å². The van der Waals surface area contributed by atoms with E-state index in [1.54, 1.807) is 11.8 Å². The fraction of sp³-hybridized carbons (Fsp3) is 0.235. The summed E-state index contributed by atoms with van der Waals surface area (Å²) in [7, 11) is 0. The number of carbonyl (C=O) groups is 1. The second-order valence-corrected chi connectivity index (χ2v) is 6.06. The molecule has 0 aliphatic carbocycles. The van der Waals surface area contributed by atoms with Crippen LogP contribution in [0.25, 0.3) is 0 Å². The highest BCUT2D eigenvalue weighted by atomic mass is 32.2. The topological polar surface area (TPSA) is 29.1 Å². The Morgan fingerprint density at radius 1 is 1.15 bits per heavy atom. The smallest absolute Gasteiger partial charge is 0.232 e. The first kappa shape index (κ1) is 13.3. The molecule has 1 N–H and O–H groups in total. The SMILES string of the molecule is CSc1ccc(C[C@@H]2C(=O)Nc3ccc(C)cc32)cc1. The Kier molecular flexibility index (Phi) is 3.53. The van der Waals surface area contributed by atoms with E-state index in [-0.39, 0.29) is 11.8 Å². The minimum atomic E-state index is -0.0648. The van der Waals surface area contributed by atoms with Gasteiger partial charge in [-0.3, -0.25) is 4.79 Å². The summed E-state index contributed by atoms with van der Waals surface area (Å²) in [5.41, 5.74) is 4.50. The van der Waals surface area contributed by atoms with Crippen molar-refractivity contribution < 1.29 is 4.79 Å². The lowest BCUT2D eigenvalue weighted by Crippen LogP contribution is -2.14. The molecule has 1 aliphatic rings. The summed E-state index contributed by atoms with van der Waals surface area (Å²) in [6.45, 7) is 2.06. The average Bonchev–Trinajstić information content (AvgIpc) is 2.76. The second-order valence-electron chi connectivity index (χ2n) is 5.18. The van der Waals surface area contributed by atoms with E-state index in [0.29, 0.717) is 0 Å². The standard InChI is InChI=1S/C17H17NOS/c1-11-3-8-16-14(9-11)15(17(19)18-16)10-12-4-6-13(20-2)7-5-12/h3-9,15H,10H2,1-2H3,(H,18,19)/t15-/m0/s1. The molecule has 1 atom stereocenters. The molecule has 0 aromatic heterocycles. The molecule has 3 heteroatoms. The molecule has 2 aromatic rings. The largest absolute Gasteiger partial charge is 0.325 e. The molecule has 1 heterocycles. The Labute approximate surface area is 123 Å². The summed E-state index contributed by atoms with van der Waals surface area (Å²) in [5, 5.41) is 2.97. The summed E-state index contributed by atoms with van der Waals surface area (Å²) in [6.07, 6.45) is 2.83. The third kappa shape index (κ3) is 2.46. The van der Waals surface area contributed by atoms with E-state index in [2.05, 4.69) is 48.8 Å². The van der Waals surface area contributed by atoms with Gasteiger partial charge in [-0.1, -0.05) is 29.8 Å². The van der Waals surface area contributed by atoms with Crippen LogP contribution in [-0.4, -0.2) is 12.2 Å². The molecule has 2 nitrogen and oxygen atoms in total. The highest BCUT2D eigenvalue weighted by Gasteiger charge is 2.30. The van der Waals surface area contributed by atoms with Crippen LogP contribution >= 0.6 is 11.8 Å². The van der Waals surface area contributed by atoms with Crippen molar-refractivity contribution in [3.8, 4) is 0 Å². The molecule has 0 bridgehead atoms. The van der Waals surface area contributed by atoms with Gasteiger partial charge in [0.1, 0.15) is 0 Å². The summed E-state index contributed by atoms with van der Waals surface area (Å²) in [4.78, 5) is 13.4. The van der Waals surface area contributed by atoms with Crippen molar-refractivity contribution in [2.45, 2.75) is 24.2 Å². The first-order valence-electron chi connectivity index (χ1n) is 6.72. The summed E-state index contributed by atoms with van der Waals surface area (Å²) < 4.78 is 0. The minimum Gasteiger partial charge on any atom is -0.325 e. The van der Waals surface area contributed by atoms with Crippen LogP contribution in [0.2, 0.25) is 0 Å². The molecule has 0 radical (unpaired) electrons. The van der Waals surface area contributed by atoms with Crippen molar-refractivity contribution in [1.29, 1.82) is 0 Å². The summed E-state index contributed by atoms with van der Waals surface area (Å²) in [6, 6.07) is 14.6. The predicted octanol–water partition coefficient (Wildman–Crippen LogP) is 4.00. The minimum absolute atomic E-state index is 0.0648. The van der Waals surface area contributed by atoms with E-state index in [9.17, 15) is 4.79 Å². The number of aryl methyl sites for hydroxylation is 1. The number of nitrogens with one attached hydrogen (secondary N) is 1. The predicted molar refractivity (Wildman–Crippen MR) is 84.5 cm³/mol. The quantitative estimate of drug-likeness (QED) is 0.863. The lowest BCUT2D eigenvalue weighted by atomic mass is 9.92. The summed E-state index contributed by atoms with van der Waals surface area (Å²) >= 11 is 1.73. The van der Waals surface area contributed by atoms with Crippen molar-refractivity contribution >= 4 is 23.4 Å². The highest BCUT2D eigenvalue weighted by molar-refractivity contribution is 7.98. The van der Waals surface area contributed by atoms with Crippen molar-refractivity contribution in [2.24, 2.45) is 0 Å². The van der Waals surface area contributed by atoms with Crippen LogP contribution in [0, 0.1) is 6.92 Å². The fourth-order valence-corrected chi connectivity index (χ4v) is 3.05. The third-order valence-corrected chi connectivity index (χ3v) is 4.50. The van der Waals surface area contributed by atoms with Crippen LogP contribution in [0.3, 0.4) is 0 Å². The number of benzene rings is 2. The van der Waals surface area contributed by atoms with Gasteiger partial charge in [-0.05, 0) is 48.9 Å². The molecule has 1 aliphatic heterocycles. The van der Waals surface area contributed by atoms with Crippen LogP contribution in [-0.2, 0) is 11.2 Å². The normalized spacial score (nSPS) is 16.9. The third-order valence-electron chi connectivity index (χ3n) is 3.76. The first-order chi connectivity index (χ1) is 9.67. The molecule has 0 fully saturated rings. The number of amides is 1. The molecule has 0 saturated heterocycles. The van der Waals surface area contributed by atoms with Crippen LogP contribution in [0.5, 0.6) is 0 Å². The number of thioether (sulfide) groups is 1. The number of hydrogen-bond donors (Lipinski definition) is 1. The molecular formula is C17H17NOS. The van der Waals surface area contributed by atoms with Gasteiger partial charge in [0.05, 0.1) is 5.92 Å². The molecule has 102 valence electrons. The van der Waals surface area contributed by atoms with E-state index < -0.39 is 0 Å². The Morgan fingerprint density at radius 3 is 2.60 bits per heavy atom. The number of anilines is 1. The maximum absolute atomic E-state index is 12.2. The molecule has 3 rings (SSSR count). The Balaban J connectivity index is 1.87. The monoisotopic (exact) mass is 283 g/mol. The lowest BCUT2D eigenvalue weighted by molar-refractivity contribution is -0.117. The molecule has 0 saturated carbocycles.